The van der Waals surface area contributed by atoms with Crippen molar-refractivity contribution in [2.75, 3.05) is 6.61 Å². The molecule has 0 bridgehead atoms. The second-order valence-corrected chi connectivity index (χ2v) is 5.11. The molecule has 0 saturated carbocycles. The molecule has 1 aromatic heterocycles. The highest BCUT2D eigenvalue weighted by Gasteiger charge is 2.22. The van der Waals surface area contributed by atoms with Crippen LogP contribution in [0.25, 0.3) is 11.3 Å². The molecule has 0 amide bonds. The van der Waals surface area contributed by atoms with Gasteiger partial charge in [-0.25, -0.2) is 0 Å². The first kappa shape index (κ1) is 13.7. The molecule has 0 fully saturated rings. The maximum absolute atomic E-state index is 10.1. The number of aromatic nitrogens is 1. The fraction of sp³-hybridized carbons (Fsp3) is 0.312. The Morgan fingerprint density at radius 3 is 2.63 bits per heavy atom. The van der Waals surface area contributed by atoms with Crippen molar-refractivity contribution >= 4 is 0 Å². The van der Waals surface area contributed by atoms with Gasteiger partial charge in [-0.15, -0.1) is 0 Å². The van der Waals surface area contributed by atoms with Crippen molar-refractivity contribution in [1.29, 1.82) is 0 Å². The van der Waals surface area contributed by atoms with E-state index in [9.17, 15) is 10.2 Å². The summed E-state index contributed by atoms with van der Waals surface area (Å²) in [7, 11) is 0. The minimum atomic E-state index is -1.24. The first-order chi connectivity index (χ1) is 8.95. The molecule has 2 N–H and O–H groups in total. The number of hydrogen-bond acceptors (Lipinski definition) is 3. The lowest BCUT2D eigenvalue weighted by Gasteiger charge is -2.21. The highest BCUT2D eigenvalue weighted by Crippen LogP contribution is 2.27. The van der Waals surface area contributed by atoms with Gasteiger partial charge in [-0.3, -0.25) is 4.98 Å². The summed E-state index contributed by atoms with van der Waals surface area (Å²) < 4.78 is 0. The third kappa shape index (κ3) is 2.67. The molecule has 1 unspecified atom stereocenters. The molecule has 3 nitrogen and oxygen atoms in total. The van der Waals surface area contributed by atoms with Gasteiger partial charge >= 0.3 is 0 Å². The van der Waals surface area contributed by atoms with Crippen molar-refractivity contribution in [3.8, 4) is 11.3 Å². The second-order valence-electron chi connectivity index (χ2n) is 5.11. The van der Waals surface area contributed by atoms with Crippen LogP contribution in [0.15, 0.2) is 36.5 Å². The first-order valence-electron chi connectivity index (χ1n) is 6.32. The summed E-state index contributed by atoms with van der Waals surface area (Å²) in [4.78, 5) is 4.37. The van der Waals surface area contributed by atoms with Crippen molar-refractivity contribution in [3.63, 3.8) is 0 Å². The molecule has 0 spiro atoms. The summed E-state index contributed by atoms with van der Waals surface area (Å²) >= 11 is 0. The first-order valence-corrected chi connectivity index (χ1v) is 6.32. The van der Waals surface area contributed by atoms with Crippen LogP contribution >= 0.6 is 0 Å². The van der Waals surface area contributed by atoms with E-state index in [2.05, 4.69) is 24.9 Å². The number of benzene rings is 1. The lowest BCUT2D eigenvalue weighted by molar-refractivity contribution is -0.00230. The maximum Gasteiger partial charge on any atom is 0.110 e. The quantitative estimate of drug-likeness (QED) is 0.888. The summed E-state index contributed by atoms with van der Waals surface area (Å²) in [6, 6.07) is 9.63. The van der Waals surface area contributed by atoms with Gasteiger partial charge in [0.1, 0.15) is 5.60 Å². The second kappa shape index (κ2) is 5.11. The molecule has 0 aliphatic rings. The Morgan fingerprint density at radius 2 is 1.95 bits per heavy atom. The number of nitrogens with zero attached hydrogens (tertiary/aromatic N) is 1. The molecule has 2 rings (SSSR count). The number of pyridine rings is 1. The molecule has 100 valence electrons. The van der Waals surface area contributed by atoms with Crippen LogP contribution in [0.5, 0.6) is 0 Å². The molecule has 0 aliphatic carbocycles. The van der Waals surface area contributed by atoms with E-state index >= 15 is 0 Å². The third-order valence-electron chi connectivity index (χ3n) is 3.57. The molecule has 19 heavy (non-hydrogen) atoms. The minimum absolute atomic E-state index is 0.316. The molecule has 1 atom stereocenters. The van der Waals surface area contributed by atoms with Crippen molar-refractivity contribution in [2.24, 2.45) is 0 Å². The highest BCUT2D eigenvalue weighted by atomic mass is 16.3. The van der Waals surface area contributed by atoms with E-state index in [-0.39, 0.29) is 6.61 Å². The van der Waals surface area contributed by atoms with Crippen LogP contribution in [-0.2, 0) is 5.60 Å². The average molecular weight is 257 g/mol. The zero-order valence-electron chi connectivity index (χ0n) is 11.5. The van der Waals surface area contributed by atoms with Crippen molar-refractivity contribution < 1.29 is 10.2 Å². The molecule has 3 heteroatoms. The zero-order valence-corrected chi connectivity index (χ0v) is 11.5. The van der Waals surface area contributed by atoms with Crippen LogP contribution < -0.4 is 0 Å². The number of aliphatic hydroxyl groups is 2. The maximum atomic E-state index is 10.1. The van der Waals surface area contributed by atoms with Gasteiger partial charge in [0.2, 0.25) is 0 Å². The van der Waals surface area contributed by atoms with E-state index < -0.39 is 5.60 Å². The minimum Gasteiger partial charge on any atom is -0.393 e. The lowest BCUT2D eigenvalue weighted by atomic mass is 9.94. The Kier molecular flexibility index (Phi) is 3.69. The molecule has 1 heterocycles. The van der Waals surface area contributed by atoms with E-state index in [0.717, 1.165) is 11.3 Å². The van der Waals surface area contributed by atoms with E-state index in [1.165, 1.54) is 11.1 Å². The Balaban J connectivity index is 2.53. The van der Waals surface area contributed by atoms with Crippen LogP contribution in [0, 0.1) is 13.8 Å². The Labute approximate surface area is 113 Å². The summed E-state index contributed by atoms with van der Waals surface area (Å²) in [5.74, 6) is 0. The van der Waals surface area contributed by atoms with Gasteiger partial charge in [-0.1, -0.05) is 18.2 Å². The SMILES string of the molecule is Cc1cccc(-c2cc(C(C)(O)CO)ccn2)c1C. The van der Waals surface area contributed by atoms with E-state index in [4.69, 9.17) is 0 Å². The van der Waals surface area contributed by atoms with Gasteiger partial charge < -0.3 is 10.2 Å². The topological polar surface area (TPSA) is 53.4 Å². The predicted molar refractivity (Wildman–Crippen MR) is 75.8 cm³/mol. The van der Waals surface area contributed by atoms with Gasteiger partial charge in [-0.2, -0.15) is 0 Å². The van der Waals surface area contributed by atoms with Crippen molar-refractivity contribution in [3.05, 3.63) is 53.2 Å². The number of rotatable bonds is 3. The van der Waals surface area contributed by atoms with Gasteiger partial charge in [0.15, 0.2) is 0 Å². The fourth-order valence-corrected chi connectivity index (χ4v) is 2.03. The molecular weight excluding hydrogens is 238 g/mol. The average Bonchev–Trinajstić information content (AvgIpc) is 2.42. The van der Waals surface area contributed by atoms with Crippen LogP contribution in [0.3, 0.4) is 0 Å². The van der Waals surface area contributed by atoms with Crippen LogP contribution in [-0.4, -0.2) is 21.8 Å². The normalized spacial score (nSPS) is 14.2. The molecule has 2 aromatic rings. The summed E-state index contributed by atoms with van der Waals surface area (Å²) in [6.07, 6.45) is 1.66. The van der Waals surface area contributed by atoms with Crippen LogP contribution in [0.4, 0.5) is 0 Å². The van der Waals surface area contributed by atoms with Gasteiger partial charge in [-0.05, 0) is 49.6 Å². The molecule has 0 saturated heterocycles. The fourth-order valence-electron chi connectivity index (χ4n) is 2.03. The van der Waals surface area contributed by atoms with E-state index in [1.54, 1.807) is 19.2 Å². The van der Waals surface area contributed by atoms with Gasteiger partial charge in [0.25, 0.3) is 0 Å². The molecule has 0 aliphatic heterocycles. The number of hydrogen-bond donors (Lipinski definition) is 2. The van der Waals surface area contributed by atoms with E-state index in [0.29, 0.717) is 5.56 Å². The Bertz CT molecular complexity index is 591. The lowest BCUT2D eigenvalue weighted by Crippen LogP contribution is -2.25. The van der Waals surface area contributed by atoms with Gasteiger partial charge in [0, 0.05) is 11.8 Å². The van der Waals surface area contributed by atoms with Crippen LogP contribution in [0.1, 0.15) is 23.6 Å². The number of aryl methyl sites for hydroxylation is 1. The Morgan fingerprint density at radius 1 is 1.21 bits per heavy atom. The largest absolute Gasteiger partial charge is 0.393 e. The standard InChI is InChI=1S/C16H19NO2/c1-11-5-4-6-14(12(11)2)15-9-13(7-8-17-15)16(3,19)10-18/h4-9,18-19H,10H2,1-3H3. The van der Waals surface area contributed by atoms with E-state index in [1.807, 2.05) is 18.2 Å². The summed E-state index contributed by atoms with van der Waals surface area (Å²) in [5, 5.41) is 19.3. The van der Waals surface area contributed by atoms with Crippen molar-refractivity contribution in [2.45, 2.75) is 26.4 Å². The predicted octanol–water partition coefficient (Wildman–Crippen LogP) is 2.57. The monoisotopic (exact) mass is 257 g/mol. The Hall–Kier alpha value is -1.71. The third-order valence-corrected chi connectivity index (χ3v) is 3.57. The molecule has 1 aromatic carbocycles. The summed E-state index contributed by atoms with van der Waals surface area (Å²) in [6.45, 7) is 5.40. The van der Waals surface area contributed by atoms with Gasteiger partial charge in [0.05, 0.1) is 12.3 Å². The molecule has 0 radical (unpaired) electrons. The molecular formula is C16H19NO2. The zero-order chi connectivity index (χ0) is 14.0. The smallest absolute Gasteiger partial charge is 0.110 e. The van der Waals surface area contributed by atoms with Crippen molar-refractivity contribution in [1.82, 2.24) is 4.98 Å². The highest BCUT2D eigenvalue weighted by molar-refractivity contribution is 5.65. The summed E-state index contributed by atoms with van der Waals surface area (Å²) in [5.41, 5.74) is 3.67. The van der Waals surface area contributed by atoms with Crippen LogP contribution in [0.2, 0.25) is 0 Å². The number of aliphatic hydroxyl groups excluding tert-OH is 1.